The van der Waals surface area contributed by atoms with E-state index in [0.717, 1.165) is 17.7 Å². The number of carbonyl (C=O) groups excluding carboxylic acids is 2. The molecule has 0 bridgehead atoms. The van der Waals surface area contributed by atoms with Gasteiger partial charge in [-0.1, -0.05) is 6.07 Å². The number of allylic oxidation sites excluding steroid dienone is 2. The first-order valence-electron chi connectivity index (χ1n) is 10.5. The lowest BCUT2D eigenvalue weighted by Gasteiger charge is -2.34. The third kappa shape index (κ3) is 4.56. The zero-order valence-electron chi connectivity index (χ0n) is 17.8. The average Bonchev–Trinajstić information content (AvgIpc) is 2.72. The highest BCUT2D eigenvalue weighted by molar-refractivity contribution is 6.08. The van der Waals surface area contributed by atoms with Crippen molar-refractivity contribution in [1.82, 2.24) is 0 Å². The second kappa shape index (κ2) is 9.89. The Morgan fingerprint density at radius 2 is 2.00 bits per heavy atom. The molecule has 2 atom stereocenters. The van der Waals surface area contributed by atoms with Crippen LogP contribution in [-0.4, -0.2) is 49.0 Å². The minimum atomic E-state index is -0.716. The van der Waals surface area contributed by atoms with E-state index in [2.05, 4.69) is 4.99 Å². The predicted molar refractivity (Wildman–Crippen MR) is 112 cm³/mol. The van der Waals surface area contributed by atoms with Crippen LogP contribution in [0.4, 0.5) is 0 Å². The van der Waals surface area contributed by atoms with Gasteiger partial charge in [-0.2, -0.15) is 0 Å². The highest BCUT2D eigenvalue weighted by atomic mass is 16.6. The lowest BCUT2D eigenvalue weighted by atomic mass is 9.71. The number of hydrogen-bond donors (Lipinski definition) is 1. The average molecular weight is 415 g/mol. The number of aliphatic imine (C=N–C) groups is 1. The molecule has 3 rings (SSSR count). The highest BCUT2D eigenvalue weighted by Crippen LogP contribution is 2.45. The van der Waals surface area contributed by atoms with E-state index in [4.69, 9.17) is 14.2 Å². The largest absolute Gasteiger partial charge is 0.504 e. The molecule has 0 fully saturated rings. The van der Waals surface area contributed by atoms with Crippen molar-refractivity contribution in [2.45, 2.75) is 46.0 Å². The number of phenolic OH excluding ortho intramolecular Hbond substituents is 1. The summed E-state index contributed by atoms with van der Waals surface area (Å²) in [4.78, 5) is 30.5. The normalized spacial score (nSPS) is 21.2. The smallest absolute Gasteiger partial charge is 0.315 e. The third-order valence-corrected chi connectivity index (χ3v) is 5.41. The van der Waals surface area contributed by atoms with Crippen molar-refractivity contribution >= 4 is 17.5 Å². The van der Waals surface area contributed by atoms with E-state index in [9.17, 15) is 14.7 Å². The van der Waals surface area contributed by atoms with Gasteiger partial charge in [0.05, 0.1) is 13.2 Å². The summed E-state index contributed by atoms with van der Waals surface area (Å²) in [5.41, 5.74) is 2.67. The van der Waals surface area contributed by atoms with Gasteiger partial charge in [-0.05, 0) is 51.3 Å². The van der Waals surface area contributed by atoms with Crippen LogP contribution in [0.3, 0.4) is 0 Å². The second-order valence-electron chi connectivity index (χ2n) is 7.37. The van der Waals surface area contributed by atoms with Crippen LogP contribution >= 0.6 is 0 Å². The summed E-state index contributed by atoms with van der Waals surface area (Å²) < 4.78 is 16.2. The zero-order chi connectivity index (χ0) is 21.7. The minimum absolute atomic E-state index is 0.00986. The number of ether oxygens (including phenoxy) is 3. The summed E-state index contributed by atoms with van der Waals surface area (Å²) in [7, 11) is 0. The molecule has 1 unspecified atom stereocenters. The van der Waals surface area contributed by atoms with Crippen LogP contribution in [0.1, 0.15) is 51.5 Å². The standard InChI is InChI=1S/C23H29NO6/c1-4-28-11-12-30-23(27)20-14(3)24-16-7-6-8-18(26)22(16)21(20)15-9-10-17(25)19(13-15)29-5-2/h9-10,13,20-21,25H,4-8,11-12H2,1-3H3/t20?,21-/m0/s1. The first kappa shape index (κ1) is 22.0. The van der Waals surface area contributed by atoms with E-state index in [1.54, 1.807) is 19.1 Å². The van der Waals surface area contributed by atoms with E-state index in [0.29, 0.717) is 49.7 Å². The fourth-order valence-corrected chi connectivity index (χ4v) is 4.10. The number of phenols is 1. The fraction of sp³-hybridized carbons (Fsp3) is 0.522. The molecule has 7 heteroatoms. The van der Waals surface area contributed by atoms with Gasteiger partial charge in [-0.25, -0.2) is 0 Å². The Bertz CT molecular complexity index is 872. The molecule has 0 radical (unpaired) electrons. The van der Waals surface area contributed by atoms with Crippen molar-refractivity contribution in [1.29, 1.82) is 0 Å². The molecule has 0 saturated heterocycles. The van der Waals surface area contributed by atoms with Gasteiger partial charge < -0.3 is 19.3 Å². The molecule has 0 aromatic heterocycles. The van der Waals surface area contributed by atoms with Crippen LogP contribution in [0.2, 0.25) is 0 Å². The summed E-state index contributed by atoms with van der Waals surface area (Å²) in [6.45, 7) is 6.89. The molecule has 1 aliphatic heterocycles. The molecule has 0 spiro atoms. The van der Waals surface area contributed by atoms with Crippen LogP contribution in [-0.2, 0) is 19.1 Å². The van der Waals surface area contributed by atoms with Gasteiger partial charge in [0.25, 0.3) is 0 Å². The minimum Gasteiger partial charge on any atom is -0.504 e. The SMILES string of the molecule is CCOCCOC(=O)C1C(C)=NC2=C(C(=O)CCC2)[C@H]1c1ccc(O)c(OCC)c1. The first-order valence-corrected chi connectivity index (χ1v) is 10.5. The van der Waals surface area contributed by atoms with Crippen LogP contribution in [0, 0.1) is 5.92 Å². The van der Waals surface area contributed by atoms with Gasteiger partial charge in [-0.3, -0.25) is 14.6 Å². The number of carbonyl (C=O) groups is 2. The van der Waals surface area contributed by atoms with Crippen LogP contribution < -0.4 is 4.74 Å². The molecule has 2 aliphatic rings. The maximum atomic E-state index is 13.0. The number of aromatic hydroxyl groups is 1. The quantitative estimate of drug-likeness (QED) is 0.515. The molecule has 30 heavy (non-hydrogen) atoms. The Morgan fingerprint density at radius 3 is 2.73 bits per heavy atom. The summed E-state index contributed by atoms with van der Waals surface area (Å²) in [5, 5.41) is 10.1. The van der Waals surface area contributed by atoms with E-state index < -0.39 is 17.8 Å². The van der Waals surface area contributed by atoms with Crippen molar-refractivity contribution in [3.05, 3.63) is 35.0 Å². The summed E-state index contributed by atoms with van der Waals surface area (Å²) in [5.74, 6) is -1.32. The molecule has 1 heterocycles. The molecule has 0 amide bonds. The van der Waals surface area contributed by atoms with Gasteiger partial charge >= 0.3 is 5.97 Å². The number of benzene rings is 1. The monoisotopic (exact) mass is 415 g/mol. The Hall–Kier alpha value is -2.67. The predicted octanol–water partition coefficient (Wildman–Crippen LogP) is 3.55. The van der Waals surface area contributed by atoms with Gasteiger partial charge in [0, 0.05) is 35.9 Å². The van der Waals surface area contributed by atoms with E-state index >= 15 is 0 Å². The van der Waals surface area contributed by atoms with Gasteiger partial charge in [-0.15, -0.1) is 0 Å². The highest BCUT2D eigenvalue weighted by Gasteiger charge is 2.43. The number of rotatable bonds is 8. The van der Waals surface area contributed by atoms with E-state index in [-0.39, 0.29) is 18.1 Å². The number of esters is 1. The Kier molecular flexibility index (Phi) is 7.26. The Balaban J connectivity index is 2.02. The van der Waals surface area contributed by atoms with Crippen LogP contribution in [0.5, 0.6) is 11.5 Å². The molecule has 1 aliphatic carbocycles. The topological polar surface area (TPSA) is 94.4 Å². The van der Waals surface area contributed by atoms with Crippen molar-refractivity contribution < 1.29 is 28.9 Å². The molecule has 7 nitrogen and oxygen atoms in total. The number of ketones is 1. The number of Topliss-reactive ketones (excluding diaryl/α,β-unsaturated/α-hetero) is 1. The second-order valence-corrected chi connectivity index (χ2v) is 7.37. The molecule has 1 N–H and O–H groups in total. The third-order valence-electron chi connectivity index (χ3n) is 5.41. The maximum absolute atomic E-state index is 13.0. The van der Waals surface area contributed by atoms with E-state index in [1.807, 2.05) is 13.8 Å². The first-order chi connectivity index (χ1) is 14.5. The van der Waals surface area contributed by atoms with Gasteiger partial charge in [0.15, 0.2) is 17.3 Å². The van der Waals surface area contributed by atoms with E-state index in [1.165, 1.54) is 6.07 Å². The fourth-order valence-electron chi connectivity index (χ4n) is 4.10. The molecule has 1 aromatic rings. The van der Waals surface area contributed by atoms with Crippen molar-refractivity contribution in [2.24, 2.45) is 10.9 Å². The van der Waals surface area contributed by atoms with Gasteiger partial charge in [0.2, 0.25) is 0 Å². The van der Waals surface area contributed by atoms with Crippen LogP contribution in [0.15, 0.2) is 34.5 Å². The zero-order valence-corrected chi connectivity index (χ0v) is 17.8. The van der Waals surface area contributed by atoms with Crippen molar-refractivity contribution in [3.63, 3.8) is 0 Å². The summed E-state index contributed by atoms with van der Waals surface area (Å²) in [6, 6.07) is 4.97. The summed E-state index contributed by atoms with van der Waals surface area (Å²) >= 11 is 0. The lowest BCUT2D eigenvalue weighted by molar-refractivity contribution is -0.148. The molecule has 1 aromatic carbocycles. The van der Waals surface area contributed by atoms with Gasteiger partial charge in [0.1, 0.15) is 12.5 Å². The number of nitrogens with zero attached hydrogens (tertiary/aromatic N) is 1. The molecular formula is C23H29NO6. The summed E-state index contributed by atoms with van der Waals surface area (Å²) in [6.07, 6.45) is 1.90. The molecular weight excluding hydrogens is 386 g/mol. The molecule has 0 saturated carbocycles. The Labute approximate surface area is 176 Å². The van der Waals surface area contributed by atoms with Crippen molar-refractivity contribution in [2.75, 3.05) is 26.4 Å². The van der Waals surface area contributed by atoms with Crippen LogP contribution in [0.25, 0.3) is 0 Å². The number of hydrogen-bond acceptors (Lipinski definition) is 7. The van der Waals surface area contributed by atoms with Crippen molar-refractivity contribution in [3.8, 4) is 11.5 Å². The molecule has 162 valence electrons. The lowest BCUT2D eigenvalue weighted by Crippen LogP contribution is -2.37. The Morgan fingerprint density at radius 1 is 1.20 bits per heavy atom. The maximum Gasteiger partial charge on any atom is 0.315 e.